The Bertz CT molecular complexity index is 886. The van der Waals surface area contributed by atoms with Crippen molar-refractivity contribution in [3.8, 4) is 0 Å². The van der Waals surface area contributed by atoms with Crippen LogP contribution in [0.3, 0.4) is 0 Å². The Morgan fingerprint density at radius 1 is 0.393 bits per heavy atom. The Morgan fingerprint density at radius 2 is 0.672 bits per heavy atom. The number of hydrogen-bond donors (Lipinski definition) is 3. The van der Waals surface area contributed by atoms with Crippen LogP contribution >= 0.6 is 0 Å². The quantitative estimate of drug-likeness (QED) is 0.0422. The molecule has 0 saturated heterocycles. The molecule has 362 valence electrons. The minimum Gasteiger partial charge on any atom is -0.394 e. The maximum absolute atomic E-state index is 12.5. The van der Waals surface area contributed by atoms with Gasteiger partial charge >= 0.3 is 0 Å². The second-order valence-corrected chi connectivity index (χ2v) is 19.4. The highest BCUT2D eigenvalue weighted by molar-refractivity contribution is 5.76. The number of aliphatic hydroxyl groups excluding tert-OH is 2. The number of carbonyl (C=O) groups is 1. The number of unbranched alkanes of at least 4 members (excludes halogenated alkanes) is 41. The van der Waals surface area contributed by atoms with Crippen molar-refractivity contribution >= 4 is 5.91 Å². The van der Waals surface area contributed by atoms with Crippen LogP contribution < -0.4 is 5.32 Å². The Labute approximate surface area is 383 Å². The first kappa shape index (κ1) is 59.9. The molecule has 0 aromatic heterocycles. The first-order chi connectivity index (χ1) is 30.2. The number of hydrogen-bond acceptors (Lipinski definition) is 3. The largest absolute Gasteiger partial charge is 0.394 e. The van der Waals surface area contributed by atoms with E-state index >= 15 is 0 Å². The topological polar surface area (TPSA) is 69.6 Å². The van der Waals surface area contributed by atoms with E-state index in [9.17, 15) is 15.0 Å². The first-order valence-corrected chi connectivity index (χ1v) is 28.0. The summed E-state index contributed by atoms with van der Waals surface area (Å²) in [6.45, 7) is 4.37. The molecular weight excluding hydrogens is 747 g/mol. The zero-order valence-corrected chi connectivity index (χ0v) is 41.7. The van der Waals surface area contributed by atoms with Gasteiger partial charge in [0, 0.05) is 6.42 Å². The second kappa shape index (κ2) is 53.2. The molecule has 0 heterocycles. The summed E-state index contributed by atoms with van der Waals surface area (Å²) >= 11 is 0. The molecular formula is C57H111NO3. The number of amides is 1. The van der Waals surface area contributed by atoms with Crippen LogP contribution in [0.15, 0.2) is 24.3 Å². The minimum absolute atomic E-state index is 0.0351. The van der Waals surface area contributed by atoms with Crippen molar-refractivity contribution in [2.75, 3.05) is 6.61 Å². The van der Waals surface area contributed by atoms with E-state index in [2.05, 4.69) is 43.5 Å². The molecule has 4 nitrogen and oxygen atoms in total. The molecule has 4 heteroatoms. The van der Waals surface area contributed by atoms with E-state index < -0.39 is 12.1 Å². The van der Waals surface area contributed by atoms with Gasteiger partial charge < -0.3 is 15.5 Å². The van der Waals surface area contributed by atoms with E-state index in [1.54, 1.807) is 0 Å². The molecule has 0 fully saturated rings. The van der Waals surface area contributed by atoms with Crippen molar-refractivity contribution in [3.05, 3.63) is 24.3 Å². The molecule has 0 aliphatic heterocycles. The van der Waals surface area contributed by atoms with Crippen molar-refractivity contribution < 1.29 is 15.0 Å². The van der Waals surface area contributed by atoms with Gasteiger partial charge in [-0.15, -0.1) is 0 Å². The minimum atomic E-state index is -0.663. The van der Waals surface area contributed by atoms with Crippen molar-refractivity contribution in [2.24, 2.45) is 0 Å². The van der Waals surface area contributed by atoms with Gasteiger partial charge in [0.2, 0.25) is 5.91 Å². The maximum Gasteiger partial charge on any atom is 0.220 e. The molecule has 0 spiro atoms. The number of allylic oxidation sites excluding steroid dienone is 4. The molecule has 0 rings (SSSR count). The highest BCUT2D eigenvalue weighted by Gasteiger charge is 2.20. The summed E-state index contributed by atoms with van der Waals surface area (Å²) in [5.41, 5.74) is 0. The summed E-state index contributed by atoms with van der Waals surface area (Å²) in [5.74, 6) is -0.0351. The average molecular weight is 859 g/mol. The molecule has 0 aliphatic carbocycles. The summed E-state index contributed by atoms with van der Waals surface area (Å²) in [4.78, 5) is 12.5. The number of rotatable bonds is 52. The molecule has 0 saturated carbocycles. The van der Waals surface area contributed by atoms with Crippen LogP contribution in [0.1, 0.15) is 316 Å². The Hall–Kier alpha value is -1.13. The van der Waals surface area contributed by atoms with Crippen molar-refractivity contribution in [2.45, 2.75) is 328 Å². The standard InChI is InChI=1S/C57H111NO3/c1-3-5-7-9-11-13-15-17-19-21-23-24-25-26-27-28-29-30-31-32-33-34-35-36-38-40-42-44-46-48-50-52-56(60)55(54-59)58-57(61)53-51-49-47-45-43-41-39-37-22-20-18-16-14-12-10-8-6-4-2/h14,16,20,22,55-56,59-60H,3-13,15,17-19,21,23-54H2,1-2H3,(H,58,61)/b16-14-,22-20-. The molecule has 0 aromatic carbocycles. The number of nitrogens with one attached hydrogen (secondary N) is 1. The summed E-state index contributed by atoms with van der Waals surface area (Å²) in [6, 6.07) is -0.540. The van der Waals surface area contributed by atoms with Gasteiger partial charge in [-0.3, -0.25) is 4.79 Å². The third-order valence-corrected chi connectivity index (χ3v) is 13.2. The first-order valence-electron chi connectivity index (χ1n) is 28.0. The van der Waals surface area contributed by atoms with Gasteiger partial charge in [-0.25, -0.2) is 0 Å². The fraction of sp³-hybridized carbons (Fsp3) is 0.912. The van der Waals surface area contributed by atoms with Gasteiger partial charge in [-0.05, 0) is 44.9 Å². The van der Waals surface area contributed by atoms with E-state index in [-0.39, 0.29) is 12.5 Å². The fourth-order valence-corrected chi connectivity index (χ4v) is 8.92. The summed E-state index contributed by atoms with van der Waals surface area (Å²) in [5, 5.41) is 23.3. The average Bonchev–Trinajstić information content (AvgIpc) is 3.26. The molecule has 61 heavy (non-hydrogen) atoms. The smallest absolute Gasteiger partial charge is 0.220 e. The summed E-state index contributed by atoms with van der Waals surface area (Å²) in [7, 11) is 0. The fourth-order valence-electron chi connectivity index (χ4n) is 8.92. The van der Waals surface area contributed by atoms with Crippen LogP contribution in [0.25, 0.3) is 0 Å². The van der Waals surface area contributed by atoms with Crippen LogP contribution in [-0.4, -0.2) is 34.9 Å². The van der Waals surface area contributed by atoms with Crippen LogP contribution in [0.2, 0.25) is 0 Å². The van der Waals surface area contributed by atoms with Gasteiger partial charge in [0.1, 0.15) is 0 Å². The van der Waals surface area contributed by atoms with E-state index in [1.807, 2.05) is 0 Å². The van der Waals surface area contributed by atoms with Crippen molar-refractivity contribution in [1.29, 1.82) is 0 Å². The molecule has 3 N–H and O–H groups in total. The summed E-state index contributed by atoms with van der Waals surface area (Å²) < 4.78 is 0. The van der Waals surface area contributed by atoms with E-state index in [4.69, 9.17) is 0 Å². The second-order valence-electron chi connectivity index (χ2n) is 19.4. The zero-order chi connectivity index (χ0) is 44.2. The van der Waals surface area contributed by atoms with E-state index in [0.717, 1.165) is 32.1 Å². The van der Waals surface area contributed by atoms with Gasteiger partial charge in [-0.1, -0.05) is 289 Å². The molecule has 0 aliphatic rings. The maximum atomic E-state index is 12.5. The van der Waals surface area contributed by atoms with Crippen LogP contribution in [-0.2, 0) is 4.79 Å². The highest BCUT2D eigenvalue weighted by Crippen LogP contribution is 2.18. The Morgan fingerprint density at radius 3 is 1.00 bits per heavy atom. The van der Waals surface area contributed by atoms with E-state index in [0.29, 0.717) is 12.8 Å². The Kier molecular flexibility index (Phi) is 52.2. The van der Waals surface area contributed by atoms with Crippen LogP contribution in [0.4, 0.5) is 0 Å². The molecule has 0 aromatic rings. The van der Waals surface area contributed by atoms with Gasteiger partial charge in [0.15, 0.2) is 0 Å². The lowest BCUT2D eigenvalue weighted by atomic mass is 10.0. The normalized spacial score (nSPS) is 12.9. The lowest BCUT2D eigenvalue weighted by Gasteiger charge is -2.22. The number of carbonyl (C=O) groups excluding carboxylic acids is 1. The molecule has 1 amide bonds. The lowest BCUT2D eigenvalue weighted by molar-refractivity contribution is -0.123. The molecule has 0 radical (unpaired) electrons. The summed E-state index contributed by atoms with van der Waals surface area (Å²) in [6.07, 6.45) is 70.3. The predicted octanol–water partition coefficient (Wildman–Crippen LogP) is 18.3. The van der Waals surface area contributed by atoms with Gasteiger partial charge in [0.05, 0.1) is 18.8 Å². The molecule has 2 atom stereocenters. The van der Waals surface area contributed by atoms with Gasteiger partial charge in [-0.2, -0.15) is 0 Å². The van der Waals surface area contributed by atoms with Crippen molar-refractivity contribution in [1.82, 2.24) is 5.32 Å². The zero-order valence-electron chi connectivity index (χ0n) is 41.7. The Balaban J connectivity index is 3.41. The third kappa shape index (κ3) is 49.7. The third-order valence-electron chi connectivity index (χ3n) is 13.2. The van der Waals surface area contributed by atoms with E-state index in [1.165, 1.54) is 257 Å². The van der Waals surface area contributed by atoms with Crippen LogP contribution in [0, 0.1) is 0 Å². The molecule has 2 unspecified atom stereocenters. The van der Waals surface area contributed by atoms with Crippen LogP contribution in [0.5, 0.6) is 0 Å². The highest BCUT2D eigenvalue weighted by atomic mass is 16.3. The van der Waals surface area contributed by atoms with Crippen molar-refractivity contribution in [3.63, 3.8) is 0 Å². The molecule has 0 bridgehead atoms. The predicted molar refractivity (Wildman–Crippen MR) is 272 cm³/mol. The lowest BCUT2D eigenvalue weighted by Crippen LogP contribution is -2.45. The SMILES string of the molecule is CCCCCC/C=C\C/C=C\CCCCCCCCCC(=O)NC(CO)C(O)CCCCCCCCCCCCCCCCCCCCCCCCCCCCCCCCC. The monoisotopic (exact) mass is 858 g/mol. The number of aliphatic hydroxyl groups is 2. The van der Waals surface area contributed by atoms with Gasteiger partial charge in [0.25, 0.3) is 0 Å².